The molecule has 5 rings (SSSR count). The highest BCUT2D eigenvalue weighted by Gasteiger charge is 2.35. The number of urea groups is 1. The number of nitrogens with one attached hydrogen (secondary N) is 3. The first-order chi connectivity index (χ1) is 22.8. The van der Waals surface area contributed by atoms with E-state index in [1.165, 1.54) is 0 Å². The number of fused-ring (bicyclic) bond motifs is 4. The van der Waals surface area contributed by atoms with Crippen LogP contribution in [0.4, 0.5) is 4.79 Å². The summed E-state index contributed by atoms with van der Waals surface area (Å²) < 4.78 is 17.3. The van der Waals surface area contributed by atoms with Crippen LogP contribution in [0.3, 0.4) is 0 Å². The number of aliphatic hydroxyl groups is 1. The van der Waals surface area contributed by atoms with E-state index in [0.717, 1.165) is 25.3 Å². The van der Waals surface area contributed by atoms with E-state index in [0.29, 0.717) is 18.5 Å². The van der Waals surface area contributed by atoms with E-state index in [4.69, 9.17) is 13.9 Å². The molecule has 0 saturated carbocycles. The third-order valence-electron chi connectivity index (χ3n) is 7.81. The molecule has 0 unspecified atom stereocenters. The van der Waals surface area contributed by atoms with Gasteiger partial charge in [0.25, 0.3) is 5.91 Å². The van der Waals surface area contributed by atoms with Gasteiger partial charge in [0, 0.05) is 6.42 Å². The standard InChI is InChI=1S/C33H36N6O8/c1-45-31(42)27-26-14-13-22(19-40)35-33(44)36-24(16-21-11-7-4-8-12-21)25-18-39(38-37-25)17-23(15-20-9-5-3-6-10-20)34-30(41)29(47-26)28(27)32(43)46-2/h3-12,18,22-24,40H,13-17,19H2,1-2H3,(H,34,41)(H2,35,36,44)/t22-,23+,24-/m0/s1. The van der Waals surface area contributed by atoms with Crippen molar-refractivity contribution in [2.75, 3.05) is 20.8 Å². The summed E-state index contributed by atoms with van der Waals surface area (Å²) in [4.78, 5) is 53.0. The van der Waals surface area contributed by atoms with Gasteiger partial charge in [0.1, 0.15) is 22.6 Å². The average Bonchev–Trinajstić information content (AvgIpc) is 3.71. The van der Waals surface area contributed by atoms with Gasteiger partial charge in [0.15, 0.2) is 0 Å². The van der Waals surface area contributed by atoms with Crippen LogP contribution in [-0.2, 0) is 35.3 Å². The number of esters is 2. The fourth-order valence-corrected chi connectivity index (χ4v) is 5.51. The number of hydrogen-bond donors (Lipinski definition) is 4. The van der Waals surface area contributed by atoms with Gasteiger partial charge in [0.2, 0.25) is 5.76 Å². The van der Waals surface area contributed by atoms with Crippen LogP contribution in [0.2, 0.25) is 0 Å². The first-order valence-corrected chi connectivity index (χ1v) is 15.1. The van der Waals surface area contributed by atoms with E-state index in [2.05, 4.69) is 26.3 Å². The topological polar surface area (TPSA) is 187 Å². The van der Waals surface area contributed by atoms with Gasteiger partial charge in [0.05, 0.1) is 51.7 Å². The Morgan fingerprint density at radius 3 is 2.17 bits per heavy atom. The number of amides is 3. The number of methoxy groups -OCH3 is 2. The van der Waals surface area contributed by atoms with Crippen molar-refractivity contribution >= 4 is 23.9 Å². The highest BCUT2D eigenvalue weighted by Crippen LogP contribution is 2.27. The van der Waals surface area contributed by atoms with Crippen LogP contribution in [0, 0.1) is 0 Å². The molecule has 0 saturated heterocycles. The minimum Gasteiger partial charge on any atom is -0.465 e. The number of rotatable bonds is 7. The van der Waals surface area contributed by atoms with Crippen molar-refractivity contribution in [1.82, 2.24) is 30.9 Å². The third kappa shape index (κ3) is 8.02. The lowest BCUT2D eigenvalue weighted by Crippen LogP contribution is -2.45. The number of aliphatic hydroxyl groups excluding tert-OH is 1. The molecule has 1 aliphatic rings. The van der Waals surface area contributed by atoms with Crippen molar-refractivity contribution in [3.05, 3.63) is 106 Å². The van der Waals surface area contributed by atoms with Crippen LogP contribution >= 0.6 is 0 Å². The molecule has 0 fully saturated rings. The summed E-state index contributed by atoms with van der Waals surface area (Å²) in [6.07, 6.45) is 2.52. The van der Waals surface area contributed by atoms with Crippen LogP contribution in [0.1, 0.15) is 66.3 Å². The van der Waals surface area contributed by atoms with Crippen LogP contribution in [0.25, 0.3) is 0 Å². The second kappa shape index (κ2) is 15.2. The van der Waals surface area contributed by atoms with Gasteiger partial charge < -0.3 is 34.9 Å². The van der Waals surface area contributed by atoms with Gasteiger partial charge in [-0.3, -0.25) is 9.48 Å². The molecule has 246 valence electrons. The molecule has 2 aromatic carbocycles. The SMILES string of the molecule is COC(=O)c1c2oc(c1C(=O)OC)C(=O)N[C@H](Cc1ccccc1)Cn1cc(nn1)[C@H](Cc1ccccc1)NC(=O)N[C@H](CO)CC2. The molecule has 4 N–H and O–H groups in total. The number of benzene rings is 2. The minimum absolute atomic E-state index is 0.0329. The Morgan fingerprint density at radius 1 is 0.894 bits per heavy atom. The molecule has 4 bridgehead atoms. The Hall–Kier alpha value is -5.50. The number of carbonyl (C=O) groups excluding carboxylic acids is 4. The molecule has 3 atom stereocenters. The molecule has 3 amide bonds. The largest absolute Gasteiger partial charge is 0.465 e. The predicted octanol–water partition coefficient (Wildman–Crippen LogP) is 2.38. The van der Waals surface area contributed by atoms with Crippen LogP contribution in [0.5, 0.6) is 0 Å². The fraction of sp³-hybridized carbons (Fsp3) is 0.333. The van der Waals surface area contributed by atoms with Gasteiger partial charge in [-0.2, -0.15) is 0 Å². The molecule has 0 aliphatic carbocycles. The molecule has 3 heterocycles. The molecular weight excluding hydrogens is 608 g/mol. The Balaban J connectivity index is 1.57. The second-order valence-electron chi connectivity index (χ2n) is 11.1. The molecule has 0 spiro atoms. The normalized spacial score (nSPS) is 18.7. The molecule has 2 aromatic heterocycles. The van der Waals surface area contributed by atoms with E-state index in [1.807, 2.05) is 60.7 Å². The van der Waals surface area contributed by atoms with E-state index >= 15 is 0 Å². The smallest absolute Gasteiger partial charge is 0.342 e. The van der Waals surface area contributed by atoms with Gasteiger partial charge in [-0.05, 0) is 30.4 Å². The minimum atomic E-state index is -0.971. The summed E-state index contributed by atoms with van der Waals surface area (Å²) >= 11 is 0. The zero-order chi connectivity index (χ0) is 33.3. The maximum atomic E-state index is 13.9. The monoisotopic (exact) mass is 644 g/mol. The highest BCUT2D eigenvalue weighted by molar-refractivity contribution is 6.11. The molecule has 14 heteroatoms. The van der Waals surface area contributed by atoms with E-state index in [1.54, 1.807) is 10.9 Å². The molecule has 1 aliphatic heterocycles. The summed E-state index contributed by atoms with van der Waals surface area (Å²) in [6, 6.07) is 16.5. The van der Waals surface area contributed by atoms with Gasteiger partial charge >= 0.3 is 18.0 Å². The summed E-state index contributed by atoms with van der Waals surface area (Å²) in [6.45, 7) is -0.283. The van der Waals surface area contributed by atoms with Crippen molar-refractivity contribution in [2.24, 2.45) is 0 Å². The van der Waals surface area contributed by atoms with Crippen molar-refractivity contribution in [3.8, 4) is 0 Å². The van der Waals surface area contributed by atoms with Crippen molar-refractivity contribution in [1.29, 1.82) is 0 Å². The summed E-state index contributed by atoms with van der Waals surface area (Å²) in [7, 11) is 2.25. The summed E-state index contributed by atoms with van der Waals surface area (Å²) in [5.41, 5.74) is 1.71. The summed E-state index contributed by atoms with van der Waals surface area (Å²) in [5.74, 6) is -3.11. The number of hydrogen-bond acceptors (Lipinski definition) is 10. The van der Waals surface area contributed by atoms with Crippen molar-refractivity contribution < 1.29 is 38.2 Å². The third-order valence-corrected chi connectivity index (χ3v) is 7.81. The predicted molar refractivity (Wildman–Crippen MR) is 167 cm³/mol. The number of furan rings is 1. The molecule has 47 heavy (non-hydrogen) atoms. The zero-order valence-electron chi connectivity index (χ0n) is 26.0. The maximum absolute atomic E-state index is 13.9. The zero-order valence-corrected chi connectivity index (χ0v) is 26.0. The average molecular weight is 645 g/mol. The Bertz CT molecular complexity index is 1700. The van der Waals surface area contributed by atoms with Gasteiger partial charge in [-0.15, -0.1) is 5.10 Å². The Labute approximate surface area is 270 Å². The number of aryl methyl sites for hydroxylation is 1. The van der Waals surface area contributed by atoms with Crippen LogP contribution in [0.15, 0.2) is 71.3 Å². The Kier molecular flexibility index (Phi) is 10.6. The lowest BCUT2D eigenvalue weighted by Gasteiger charge is -2.21. The molecule has 4 aromatic rings. The van der Waals surface area contributed by atoms with Crippen LogP contribution < -0.4 is 16.0 Å². The van der Waals surface area contributed by atoms with Crippen molar-refractivity contribution in [2.45, 2.75) is 50.4 Å². The maximum Gasteiger partial charge on any atom is 0.342 e. The lowest BCUT2D eigenvalue weighted by atomic mass is 10.0. The van der Waals surface area contributed by atoms with Gasteiger partial charge in [-0.25, -0.2) is 14.4 Å². The molecule has 14 nitrogen and oxygen atoms in total. The number of aromatic nitrogens is 3. The number of ether oxygens (including phenoxy) is 2. The van der Waals surface area contributed by atoms with E-state index in [9.17, 15) is 24.3 Å². The van der Waals surface area contributed by atoms with Crippen LogP contribution in [-0.4, -0.2) is 76.9 Å². The highest BCUT2D eigenvalue weighted by atomic mass is 16.5. The molecule has 0 radical (unpaired) electrons. The quantitative estimate of drug-likeness (QED) is 0.218. The van der Waals surface area contributed by atoms with Crippen molar-refractivity contribution in [3.63, 3.8) is 0 Å². The lowest BCUT2D eigenvalue weighted by molar-refractivity contribution is 0.0554. The number of nitrogens with zero attached hydrogens (tertiary/aromatic N) is 3. The second-order valence-corrected chi connectivity index (χ2v) is 11.1. The van der Waals surface area contributed by atoms with E-state index in [-0.39, 0.29) is 36.3 Å². The first kappa shape index (κ1) is 32.9. The van der Waals surface area contributed by atoms with Gasteiger partial charge in [-0.1, -0.05) is 65.9 Å². The van der Waals surface area contributed by atoms with E-state index < -0.39 is 54.4 Å². The fourth-order valence-electron chi connectivity index (χ4n) is 5.51. The first-order valence-electron chi connectivity index (χ1n) is 15.1. The molecular formula is C33H36N6O8. The Morgan fingerprint density at radius 2 is 1.53 bits per heavy atom. The summed E-state index contributed by atoms with van der Waals surface area (Å²) in [5, 5.41) is 27.4. The number of carbonyl (C=O) groups is 4.